The minimum Gasteiger partial charge on any atom is -0.383 e. The van der Waals surface area contributed by atoms with Gasteiger partial charge >= 0.3 is 0 Å². The maximum Gasteiger partial charge on any atom is 0.240 e. The second kappa shape index (κ2) is 10.7. The van der Waals surface area contributed by atoms with Crippen molar-refractivity contribution in [1.82, 2.24) is 10.0 Å². The van der Waals surface area contributed by atoms with Crippen molar-refractivity contribution in [1.29, 1.82) is 0 Å². The summed E-state index contributed by atoms with van der Waals surface area (Å²) in [6.07, 6.45) is 1.39. The molecule has 0 saturated carbocycles. The number of carbonyl (C=O) groups is 1. The van der Waals surface area contributed by atoms with Crippen molar-refractivity contribution < 1.29 is 17.9 Å². The fraction of sp³-hybridized carbons (Fsp3) is 0.562. The Labute approximate surface area is 156 Å². The van der Waals surface area contributed by atoms with Crippen molar-refractivity contribution >= 4 is 28.3 Å². The van der Waals surface area contributed by atoms with Crippen LogP contribution < -0.4 is 15.8 Å². The molecular formula is C16H28ClN3O4S. The minimum absolute atomic E-state index is 0. The summed E-state index contributed by atoms with van der Waals surface area (Å²) in [4.78, 5) is 12.3. The van der Waals surface area contributed by atoms with Crippen molar-refractivity contribution in [3.8, 4) is 0 Å². The van der Waals surface area contributed by atoms with Crippen LogP contribution in [0.1, 0.15) is 32.3 Å². The lowest BCUT2D eigenvalue weighted by atomic mass is 9.96. The van der Waals surface area contributed by atoms with Gasteiger partial charge in [-0.05, 0) is 31.0 Å². The molecule has 144 valence electrons. The number of ether oxygens (including phenoxy) is 1. The van der Waals surface area contributed by atoms with Gasteiger partial charge < -0.3 is 15.8 Å². The Bertz CT molecular complexity index is 651. The molecule has 1 amide bonds. The number of methoxy groups -OCH3 is 1. The van der Waals surface area contributed by atoms with E-state index in [1.165, 1.54) is 19.2 Å². The van der Waals surface area contributed by atoms with Crippen LogP contribution in [0, 0.1) is 0 Å². The summed E-state index contributed by atoms with van der Waals surface area (Å²) >= 11 is 0. The molecule has 1 aromatic carbocycles. The van der Waals surface area contributed by atoms with Crippen LogP contribution >= 0.6 is 12.4 Å². The number of nitrogens with one attached hydrogen (secondary N) is 2. The van der Waals surface area contributed by atoms with Gasteiger partial charge in [-0.3, -0.25) is 4.79 Å². The maximum atomic E-state index is 12.2. The molecule has 0 saturated heterocycles. The number of carbonyl (C=O) groups excluding carboxylic acids is 1. The normalized spacial score (nSPS) is 13.6. The quantitative estimate of drug-likeness (QED) is 0.517. The van der Waals surface area contributed by atoms with Crippen LogP contribution in [0.2, 0.25) is 0 Å². The largest absolute Gasteiger partial charge is 0.383 e. The van der Waals surface area contributed by atoms with Crippen LogP contribution in [0.5, 0.6) is 0 Å². The van der Waals surface area contributed by atoms with E-state index in [1.54, 1.807) is 19.1 Å². The van der Waals surface area contributed by atoms with Gasteiger partial charge in [0.2, 0.25) is 15.9 Å². The third kappa shape index (κ3) is 7.70. The lowest BCUT2D eigenvalue weighted by Crippen LogP contribution is -2.51. The lowest BCUT2D eigenvalue weighted by molar-refractivity contribution is -0.126. The average Bonchev–Trinajstić information content (AvgIpc) is 2.53. The highest BCUT2D eigenvalue weighted by molar-refractivity contribution is 7.89. The molecule has 0 aliphatic carbocycles. The van der Waals surface area contributed by atoms with E-state index in [9.17, 15) is 13.2 Å². The van der Waals surface area contributed by atoms with Crippen LogP contribution in [0.3, 0.4) is 0 Å². The summed E-state index contributed by atoms with van der Waals surface area (Å²) in [5.74, 6) is -0.254. The molecule has 0 aliphatic heterocycles. The first kappa shape index (κ1) is 23.8. The Morgan fingerprint density at radius 2 is 2.04 bits per heavy atom. The zero-order valence-corrected chi connectivity index (χ0v) is 16.5. The molecule has 1 rings (SSSR count). The summed E-state index contributed by atoms with van der Waals surface area (Å²) in [6.45, 7) is 4.36. The third-order valence-electron chi connectivity index (χ3n) is 3.55. The van der Waals surface area contributed by atoms with Gasteiger partial charge in [0, 0.05) is 20.2 Å². The number of benzene rings is 1. The Kier molecular flexibility index (Phi) is 10.2. The summed E-state index contributed by atoms with van der Waals surface area (Å²) < 4.78 is 31.6. The second-order valence-electron chi connectivity index (χ2n) is 5.89. The van der Waals surface area contributed by atoms with Crippen LogP contribution in [-0.2, 0) is 26.1 Å². The molecule has 0 spiro atoms. The molecular weight excluding hydrogens is 366 g/mol. The van der Waals surface area contributed by atoms with Crippen LogP contribution in [0.4, 0.5) is 0 Å². The van der Waals surface area contributed by atoms with E-state index >= 15 is 0 Å². The number of hydrogen-bond acceptors (Lipinski definition) is 5. The van der Waals surface area contributed by atoms with E-state index in [0.717, 1.165) is 6.42 Å². The Hall–Kier alpha value is -1.19. The number of rotatable bonds is 10. The number of amides is 1. The molecule has 0 bridgehead atoms. The minimum atomic E-state index is -3.60. The van der Waals surface area contributed by atoms with Crippen molar-refractivity contribution in [3.05, 3.63) is 29.8 Å². The first-order valence-corrected chi connectivity index (χ1v) is 9.36. The molecule has 0 heterocycles. The monoisotopic (exact) mass is 393 g/mol. The van der Waals surface area contributed by atoms with Crippen LogP contribution in [0.15, 0.2) is 29.2 Å². The molecule has 0 aromatic heterocycles. The van der Waals surface area contributed by atoms with E-state index in [2.05, 4.69) is 10.0 Å². The molecule has 1 unspecified atom stereocenters. The average molecular weight is 394 g/mol. The van der Waals surface area contributed by atoms with Gasteiger partial charge in [0.25, 0.3) is 0 Å². The Morgan fingerprint density at radius 3 is 2.64 bits per heavy atom. The standard InChI is InChI=1S/C16H27N3O4S.ClH/c1-4-8-16(2,17)15(20)18-12-13-6-5-7-14(11-13)24(21,22)19-9-10-23-3;/h5-7,11,19H,4,8-10,12,17H2,1-3H3,(H,18,20);1H. The SMILES string of the molecule is CCCC(C)(N)C(=O)NCc1cccc(S(=O)(=O)NCCOC)c1.Cl. The molecule has 7 nitrogen and oxygen atoms in total. The van der Waals surface area contributed by atoms with Gasteiger partial charge in [0.05, 0.1) is 17.0 Å². The van der Waals surface area contributed by atoms with E-state index in [-0.39, 0.29) is 36.3 Å². The highest BCUT2D eigenvalue weighted by Gasteiger charge is 2.26. The molecule has 0 radical (unpaired) electrons. The summed E-state index contributed by atoms with van der Waals surface area (Å²) in [6, 6.07) is 6.43. The highest BCUT2D eigenvalue weighted by Crippen LogP contribution is 2.13. The molecule has 25 heavy (non-hydrogen) atoms. The fourth-order valence-electron chi connectivity index (χ4n) is 2.20. The summed E-state index contributed by atoms with van der Waals surface area (Å²) in [5.41, 5.74) is 5.73. The molecule has 0 fully saturated rings. The van der Waals surface area contributed by atoms with E-state index in [4.69, 9.17) is 10.5 Å². The van der Waals surface area contributed by atoms with E-state index < -0.39 is 15.6 Å². The summed E-state index contributed by atoms with van der Waals surface area (Å²) in [5, 5.41) is 2.76. The predicted octanol–water partition coefficient (Wildman–Crippen LogP) is 1.17. The molecule has 1 atom stereocenters. The lowest BCUT2D eigenvalue weighted by Gasteiger charge is -2.22. The van der Waals surface area contributed by atoms with Gasteiger partial charge in [-0.25, -0.2) is 13.1 Å². The summed E-state index contributed by atoms with van der Waals surface area (Å²) in [7, 11) is -2.10. The van der Waals surface area contributed by atoms with E-state index in [0.29, 0.717) is 18.6 Å². The third-order valence-corrected chi connectivity index (χ3v) is 5.01. The maximum absolute atomic E-state index is 12.2. The number of sulfonamides is 1. The van der Waals surface area contributed by atoms with Crippen molar-refractivity contribution in [2.45, 2.75) is 43.7 Å². The Balaban J connectivity index is 0.00000576. The zero-order chi connectivity index (χ0) is 18.2. The smallest absolute Gasteiger partial charge is 0.240 e. The number of nitrogens with two attached hydrogens (primary N) is 1. The topological polar surface area (TPSA) is 111 Å². The van der Waals surface area contributed by atoms with Crippen molar-refractivity contribution in [3.63, 3.8) is 0 Å². The van der Waals surface area contributed by atoms with Gasteiger partial charge in [-0.2, -0.15) is 0 Å². The molecule has 4 N–H and O–H groups in total. The first-order chi connectivity index (χ1) is 11.2. The predicted molar refractivity (Wildman–Crippen MR) is 100 cm³/mol. The van der Waals surface area contributed by atoms with Crippen molar-refractivity contribution in [2.75, 3.05) is 20.3 Å². The Morgan fingerprint density at radius 1 is 1.36 bits per heavy atom. The highest BCUT2D eigenvalue weighted by atomic mass is 35.5. The first-order valence-electron chi connectivity index (χ1n) is 7.87. The molecule has 1 aromatic rings. The van der Waals surface area contributed by atoms with Gasteiger partial charge in [0.15, 0.2) is 0 Å². The van der Waals surface area contributed by atoms with Crippen LogP contribution in [0.25, 0.3) is 0 Å². The van der Waals surface area contributed by atoms with Gasteiger partial charge in [-0.1, -0.05) is 25.5 Å². The van der Waals surface area contributed by atoms with Crippen LogP contribution in [-0.4, -0.2) is 40.1 Å². The van der Waals surface area contributed by atoms with Gasteiger partial charge in [-0.15, -0.1) is 12.4 Å². The number of hydrogen-bond donors (Lipinski definition) is 3. The zero-order valence-electron chi connectivity index (χ0n) is 14.9. The van der Waals surface area contributed by atoms with E-state index in [1.807, 2.05) is 6.92 Å². The fourth-order valence-corrected chi connectivity index (χ4v) is 3.28. The number of halogens is 1. The van der Waals surface area contributed by atoms with Crippen molar-refractivity contribution in [2.24, 2.45) is 5.73 Å². The molecule has 9 heteroatoms. The molecule has 0 aliphatic rings. The van der Waals surface area contributed by atoms with Gasteiger partial charge in [0.1, 0.15) is 0 Å². The second-order valence-corrected chi connectivity index (χ2v) is 7.66.